The zero-order chi connectivity index (χ0) is 16.4. The number of dihydropyridines is 1. The number of carbonyl (C=O) groups is 2. The van der Waals surface area contributed by atoms with Gasteiger partial charge in [0.05, 0.1) is 0 Å². The molecule has 0 bridgehead atoms. The predicted octanol–water partition coefficient (Wildman–Crippen LogP) is 3.01. The Morgan fingerprint density at radius 2 is 2.00 bits per heavy atom. The van der Waals surface area contributed by atoms with Gasteiger partial charge in [0.25, 0.3) is 11.8 Å². The lowest BCUT2D eigenvalue weighted by molar-refractivity contribution is -0.120. The van der Waals surface area contributed by atoms with Crippen molar-refractivity contribution in [2.45, 2.75) is 58.8 Å². The van der Waals surface area contributed by atoms with Crippen LogP contribution in [0.2, 0.25) is 0 Å². The number of carbonyl (C=O) groups excluding carboxylic acids is 2. The summed E-state index contributed by atoms with van der Waals surface area (Å²) in [5.74, 6) is 0.905. The van der Waals surface area contributed by atoms with E-state index < -0.39 is 11.8 Å². The molecule has 4 nitrogen and oxygen atoms in total. The Morgan fingerprint density at radius 3 is 2.74 bits per heavy atom. The van der Waals surface area contributed by atoms with Gasteiger partial charge in [0.2, 0.25) is 0 Å². The molecule has 1 aliphatic heterocycles. The molecule has 23 heavy (non-hydrogen) atoms. The van der Waals surface area contributed by atoms with Crippen molar-refractivity contribution < 1.29 is 9.59 Å². The maximum Gasteiger partial charge on any atom is 0.282 e. The van der Waals surface area contributed by atoms with Crippen LogP contribution in [0.25, 0.3) is 0 Å². The first kappa shape index (κ1) is 15.1. The maximum absolute atomic E-state index is 12.1. The molecular formula is C19H26N2O2. The molecule has 1 heterocycles. The second-order valence-electron chi connectivity index (χ2n) is 8.57. The van der Waals surface area contributed by atoms with E-state index in [9.17, 15) is 9.59 Å². The van der Waals surface area contributed by atoms with Crippen molar-refractivity contribution in [3.8, 4) is 0 Å². The van der Waals surface area contributed by atoms with E-state index in [4.69, 9.17) is 5.73 Å². The predicted molar refractivity (Wildman–Crippen MR) is 88.7 cm³/mol. The molecule has 0 aromatic carbocycles. The fourth-order valence-corrected chi connectivity index (χ4v) is 6.30. The summed E-state index contributed by atoms with van der Waals surface area (Å²) in [5.41, 5.74) is 6.74. The SMILES string of the molecule is C[C@@]12CCC[C@H]1[C@@H]1CCC3=NC(=O)C(C(N)=O)=C[C@]3(C)[C@H]1CC2. The number of aliphatic imine (C=N–C) groups is 1. The highest BCUT2D eigenvalue weighted by atomic mass is 16.2. The summed E-state index contributed by atoms with van der Waals surface area (Å²) in [7, 11) is 0. The average molecular weight is 314 g/mol. The number of hydrogen-bond acceptors (Lipinski definition) is 2. The number of amides is 2. The van der Waals surface area contributed by atoms with Crippen LogP contribution in [0.15, 0.2) is 16.6 Å². The highest BCUT2D eigenvalue weighted by Gasteiger charge is 2.56. The number of rotatable bonds is 1. The minimum Gasteiger partial charge on any atom is -0.365 e. The molecule has 3 aliphatic carbocycles. The van der Waals surface area contributed by atoms with Crippen LogP contribution in [0.1, 0.15) is 58.8 Å². The number of nitrogens with zero attached hydrogens (tertiary/aromatic N) is 1. The normalized spacial score (nSPS) is 45.5. The van der Waals surface area contributed by atoms with E-state index in [1.807, 2.05) is 6.08 Å². The molecule has 2 amide bonds. The van der Waals surface area contributed by atoms with Crippen molar-refractivity contribution in [1.82, 2.24) is 0 Å². The monoisotopic (exact) mass is 314 g/mol. The molecule has 4 rings (SSSR count). The number of nitrogens with two attached hydrogens (primary N) is 1. The maximum atomic E-state index is 12.1. The van der Waals surface area contributed by atoms with Gasteiger partial charge >= 0.3 is 0 Å². The highest BCUT2D eigenvalue weighted by Crippen LogP contribution is 2.62. The van der Waals surface area contributed by atoms with E-state index in [0.29, 0.717) is 17.3 Å². The van der Waals surface area contributed by atoms with Gasteiger partial charge in [-0.05, 0) is 61.7 Å². The molecule has 0 radical (unpaired) electrons. The minimum absolute atomic E-state index is 0.0941. The molecule has 3 fully saturated rings. The van der Waals surface area contributed by atoms with Crippen molar-refractivity contribution in [1.29, 1.82) is 0 Å². The Labute approximate surface area is 137 Å². The van der Waals surface area contributed by atoms with Crippen molar-refractivity contribution in [2.75, 3.05) is 0 Å². The molecule has 124 valence electrons. The summed E-state index contributed by atoms with van der Waals surface area (Å²) in [6, 6.07) is 0. The van der Waals surface area contributed by atoms with Gasteiger partial charge < -0.3 is 5.73 Å². The second kappa shape index (κ2) is 4.78. The van der Waals surface area contributed by atoms with Crippen LogP contribution < -0.4 is 5.73 Å². The van der Waals surface area contributed by atoms with Gasteiger partial charge in [-0.1, -0.05) is 26.3 Å². The number of hydrogen-bond donors (Lipinski definition) is 1. The fourth-order valence-electron chi connectivity index (χ4n) is 6.30. The van der Waals surface area contributed by atoms with Gasteiger partial charge in [-0.2, -0.15) is 0 Å². The Bertz CT molecular complexity index is 650. The highest BCUT2D eigenvalue weighted by molar-refractivity contribution is 6.23. The van der Waals surface area contributed by atoms with E-state index in [0.717, 1.165) is 24.5 Å². The van der Waals surface area contributed by atoms with Gasteiger partial charge in [0.15, 0.2) is 0 Å². The Kier molecular flexibility index (Phi) is 3.14. The lowest BCUT2D eigenvalue weighted by atomic mass is 9.49. The summed E-state index contributed by atoms with van der Waals surface area (Å²) < 4.78 is 0. The van der Waals surface area contributed by atoms with Crippen molar-refractivity contribution in [2.24, 2.45) is 39.3 Å². The summed E-state index contributed by atoms with van der Waals surface area (Å²) in [6.45, 7) is 4.65. The molecule has 0 aromatic heterocycles. The zero-order valence-corrected chi connectivity index (χ0v) is 14.1. The van der Waals surface area contributed by atoms with E-state index in [1.54, 1.807) is 0 Å². The summed E-state index contributed by atoms with van der Waals surface area (Å²) in [5, 5.41) is 0. The molecule has 3 saturated carbocycles. The standard InChI is InChI=1S/C19H26N2O2/c1-18-8-3-4-13(18)11-5-6-15-19(2,14(11)7-9-18)10-12(16(20)22)17(23)21-15/h10-11,13-14H,3-9H2,1-2H3,(H2,20,22)/t11-,13-,14-,18-,19+/m0/s1. The summed E-state index contributed by atoms with van der Waals surface area (Å²) in [4.78, 5) is 28.0. The average Bonchev–Trinajstić information content (AvgIpc) is 2.89. The molecular weight excluding hydrogens is 288 g/mol. The van der Waals surface area contributed by atoms with Gasteiger partial charge in [-0.3, -0.25) is 9.59 Å². The van der Waals surface area contributed by atoms with Crippen molar-refractivity contribution in [3.63, 3.8) is 0 Å². The van der Waals surface area contributed by atoms with E-state index in [2.05, 4.69) is 18.8 Å². The van der Waals surface area contributed by atoms with Gasteiger partial charge in [-0.15, -0.1) is 0 Å². The molecule has 4 heteroatoms. The molecule has 0 saturated heterocycles. The van der Waals surface area contributed by atoms with Crippen LogP contribution in [0.5, 0.6) is 0 Å². The largest absolute Gasteiger partial charge is 0.365 e. The molecule has 0 unspecified atom stereocenters. The van der Waals surface area contributed by atoms with Crippen LogP contribution in [0, 0.1) is 28.6 Å². The lowest BCUT2D eigenvalue weighted by Gasteiger charge is -2.55. The third-order valence-electron chi connectivity index (χ3n) is 7.50. The molecule has 2 N–H and O–H groups in total. The third kappa shape index (κ3) is 1.99. The first-order chi connectivity index (χ1) is 10.8. The van der Waals surface area contributed by atoms with Crippen LogP contribution in [0.4, 0.5) is 0 Å². The topological polar surface area (TPSA) is 72.5 Å². The Balaban J connectivity index is 1.75. The van der Waals surface area contributed by atoms with Crippen LogP contribution in [0.3, 0.4) is 0 Å². The van der Waals surface area contributed by atoms with Crippen LogP contribution in [-0.2, 0) is 9.59 Å². The number of primary amides is 1. The van der Waals surface area contributed by atoms with Crippen molar-refractivity contribution in [3.05, 3.63) is 11.6 Å². The number of fused-ring (bicyclic) bond motifs is 5. The Hall–Kier alpha value is -1.45. The summed E-state index contributed by atoms with van der Waals surface area (Å²) >= 11 is 0. The van der Waals surface area contributed by atoms with Crippen LogP contribution in [-0.4, -0.2) is 17.5 Å². The van der Waals surface area contributed by atoms with Gasteiger partial charge in [0, 0.05) is 11.1 Å². The quantitative estimate of drug-likeness (QED) is 0.756. The van der Waals surface area contributed by atoms with E-state index in [1.165, 1.54) is 32.1 Å². The fraction of sp³-hybridized carbons (Fsp3) is 0.737. The molecule has 0 spiro atoms. The van der Waals surface area contributed by atoms with Gasteiger partial charge in [-0.25, -0.2) is 4.99 Å². The minimum atomic E-state index is -0.636. The summed E-state index contributed by atoms with van der Waals surface area (Å²) in [6.07, 6.45) is 10.4. The molecule has 4 aliphatic rings. The third-order valence-corrected chi connectivity index (χ3v) is 7.50. The van der Waals surface area contributed by atoms with Crippen LogP contribution >= 0.6 is 0 Å². The molecule has 5 atom stereocenters. The Morgan fingerprint density at radius 1 is 1.22 bits per heavy atom. The lowest BCUT2D eigenvalue weighted by Crippen LogP contribution is -2.52. The van der Waals surface area contributed by atoms with E-state index >= 15 is 0 Å². The first-order valence-corrected chi connectivity index (χ1v) is 9.00. The van der Waals surface area contributed by atoms with Crippen molar-refractivity contribution >= 4 is 17.5 Å². The first-order valence-electron chi connectivity index (χ1n) is 9.00. The van der Waals surface area contributed by atoms with E-state index in [-0.39, 0.29) is 11.0 Å². The second-order valence-corrected chi connectivity index (χ2v) is 8.57. The number of allylic oxidation sites excluding steroid dienone is 1. The zero-order valence-electron chi connectivity index (χ0n) is 14.1. The van der Waals surface area contributed by atoms with Gasteiger partial charge in [0.1, 0.15) is 5.57 Å². The smallest absolute Gasteiger partial charge is 0.282 e. The molecule has 0 aromatic rings.